The van der Waals surface area contributed by atoms with Crippen LogP contribution in [0.5, 0.6) is 5.75 Å². The largest absolute Gasteiger partial charge is 0.490 e. The van der Waals surface area contributed by atoms with Gasteiger partial charge < -0.3 is 15.4 Å². The summed E-state index contributed by atoms with van der Waals surface area (Å²) in [5.74, 6) is 1.03. The summed E-state index contributed by atoms with van der Waals surface area (Å²) in [4.78, 5) is 24.0. The van der Waals surface area contributed by atoms with Gasteiger partial charge in [0, 0.05) is 32.1 Å². The lowest BCUT2D eigenvalue weighted by molar-refractivity contribution is -0.119. The van der Waals surface area contributed by atoms with E-state index in [1.54, 1.807) is 6.20 Å². The molecule has 0 spiro atoms. The quantitative estimate of drug-likeness (QED) is 0.753. The molecule has 2 heterocycles. The Balaban J connectivity index is 1.39. The lowest BCUT2D eigenvalue weighted by Gasteiger charge is -2.27. The molecule has 2 N–H and O–H groups in total. The van der Waals surface area contributed by atoms with Gasteiger partial charge in [0.1, 0.15) is 5.75 Å². The zero-order chi connectivity index (χ0) is 20.2. The molecule has 1 aliphatic carbocycles. The van der Waals surface area contributed by atoms with Gasteiger partial charge in [-0.2, -0.15) is 5.10 Å². The van der Waals surface area contributed by atoms with Gasteiger partial charge in [0.05, 0.1) is 23.6 Å². The molecule has 1 aliphatic heterocycles. The summed E-state index contributed by atoms with van der Waals surface area (Å²) in [7, 11) is 0. The first-order valence-corrected chi connectivity index (χ1v) is 10.4. The third-order valence-electron chi connectivity index (χ3n) is 5.82. The van der Waals surface area contributed by atoms with E-state index in [1.165, 1.54) is 13.3 Å². The highest BCUT2D eigenvalue weighted by molar-refractivity contribution is 5.95. The molecule has 1 saturated carbocycles. The number of hydrogen-bond acceptors (Lipinski definition) is 4. The average molecular weight is 396 g/mol. The molecule has 154 valence electrons. The molecule has 0 bridgehead atoms. The van der Waals surface area contributed by atoms with Crippen LogP contribution < -0.4 is 15.4 Å². The van der Waals surface area contributed by atoms with Crippen LogP contribution in [-0.4, -0.2) is 34.2 Å². The number of benzene rings is 1. The van der Waals surface area contributed by atoms with Crippen LogP contribution in [0.15, 0.2) is 30.5 Å². The molecule has 1 aromatic heterocycles. The number of nitrogens with one attached hydrogen (secondary N) is 2. The predicted molar refractivity (Wildman–Crippen MR) is 109 cm³/mol. The second-order valence-corrected chi connectivity index (χ2v) is 7.99. The van der Waals surface area contributed by atoms with E-state index in [4.69, 9.17) is 4.74 Å². The molecule has 4 rings (SSSR count). The minimum absolute atomic E-state index is 0.0233. The standard InChI is InChI=1S/C22H28N4O3/c1-15(27)23-12-16-9-10-26-20(11-16)19(14-25-26)22(28)24-13-17-5-2-3-8-21(17)29-18-6-4-7-18/h2-3,5,8,14,16,18H,4,6-7,9-13H2,1H3,(H,23,27)(H,24,28)/t16-/m0/s1. The van der Waals surface area contributed by atoms with Gasteiger partial charge in [-0.05, 0) is 44.1 Å². The summed E-state index contributed by atoms with van der Waals surface area (Å²) in [6.07, 6.45) is 7.06. The molecule has 29 heavy (non-hydrogen) atoms. The van der Waals surface area contributed by atoms with Crippen molar-refractivity contribution < 1.29 is 14.3 Å². The Morgan fingerprint density at radius 3 is 2.79 bits per heavy atom. The van der Waals surface area contributed by atoms with E-state index in [-0.39, 0.29) is 11.8 Å². The van der Waals surface area contributed by atoms with Gasteiger partial charge >= 0.3 is 0 Å². The van der Waals surface area contributed by atoms with Gasteiger partial charge in [-0.1, -0.05) is 18.2 Å². The van der Waals surface area contributed by atoms with Crippen molar-refractivity contribution in [3.8, 4) is 5.75 Å². The highest BCUT2D eigenvalue weighted by atomic mass is 16.5. The maximum atomic E-state index is 12.8. The van der Waals surface area contributed by atoms with E-state index in [2.05, 4.69) is 15.7 Å². The zero-order valence-electron chi connectivity index (χ0n) is 16.8. The number of ether oxygens (including phenoxy) is 1. The Morgan fingerprint density at radius 1 is 1.21 bits per heavy atom. The number of carbonyl (C=O) groups is 2. The van der Waals surface area contributed by atoms with Gasteiger partial charge in [-0.3, -0.25) is 14.3 Å². The molecule has 2 aromatic rings. The van der Waals surface area contributed by atoms with Crippen LogP contribution in [-0.2, 0) is 24.3 Å². The fourth-order valence-electron chi connectivity index (χ4n) is 3.85. The average Bonchev–Trinajstić information content (AvgIpc) is 3.11. The van der Waals surface area contributed by atoms with Gasteiger partial charge in [0.25, 0.3) is 5.91 Å². The number of aryl methyl sites for hydroxylation is 1. The number of fused-ring (bicyclic) bond motifs is 1. The van der Waals surface area contributed by atoms with Crippen LogP contribution in [0.1, 0.15) is 54.2 Å². The van der Waals surface area contributed by atoms with E-state index in [9.17, 15) is 9.59 Å². The molecular weight excluding hydrogens is 368 g/mol. The smallest absolute Gasteiger partial charge is 0.255 e. The number of aromatic nitrogens is 2. The maximum Gasteiger partial charge on any atom is 0.255 e. The minimum atomic E-state index is -0.120. The highest BCUT2D eigenvalue weighted by Crippen LogP contribution is 2.28. The van der Waals surface area contributed by atoms with Crippen molar-refractivity contribution in [2.75, 3.05) is 6.54 Å². The van der Waals surface area contributed by atoms with Crippen molar-refractivity contribution in [1.29, 1.82) is 0 Å². The molecule has 0 unspecified atom stereocenters. The molecule has 0 saturated heterocycles. The molecule has 2 aliphatic rings. The first-order chi connectivity index (χ1) is 14.1. The number of hydrogen-bond donors (Lipinski definition) is 2. The molecule has 1 fully saturated rings. The molecule has 0 radical (unpaired) electrons. The summed E-state index contributed by atoms with van der Waals surface area (Å²) in [6.45, 7) is 3.35. The van der Waals surface area contributed by atoms with Crippen molar-refractivity contribution >= 4 is 11.8 Å². The normalized spacial score (nSPS) is 18.4. The lowest BCUT2D eigenvalue weighted by atomic mass is 9.94. The summed E-state index contributed by atoms with van der Waals surface area (Å²) in [5, 5.41) is 10.3. The lowest BCUT2D eigenvalue weighted by Crippen LogP contribution is -2.33. The molecule has 2 amide bonds. The van der Waals surface area contributed by atoms with E-state index in [1.807, 2.05) is 28.9 Å². The second kappa shape index (κ2) is 8.68. The molecular formula is C22H28N4O3. The minimum Gasteiger partial charge on any atom is -0.490 e. The summed E-state index contributed by atoms with van der Waals surface area (Å²) < 4.78 is 7.96. The summed E-state index contributed by atoms with van der Waals surface area (Å²) in [5.41, 5.74) is 2.55. The third kappa shape index (κ3) is 4.60. The fraction of sp³-hybridized carbons (Fsp3) is 0.500. The van der Waals surface area contributed by atoms with Crippen LogP contribution >= 0.6 is 0 Å². The van der Waals surface area contributed by atoms with Gasteiger partial charge in [0.2, 0.25) is 5.91 Å². The fourth-order valence-corrected chi connectivity index (χ4v) is 3.85. The Bertz CT molecular complexity index is 888. The van der Waals surface area contributed by atoms with Crippen LogP contribution in [0.3, 0.4) is 0 Å². The SMILES string of the molecule is CC(=O)NC[C@H]1CCn2ncc(C(=O)NCc3ccccc3OC3CCC3)c2C1. The number of para-hydroxylation sites is 1. The van der Waals surface area contributed by atoms with Gasteiger partial charge in [0.15, 0.2) is 0 Å². The number of amides is 2. The van der Waals surface area contributed by atoms with E-state index >= 15 is 0 Å². The van der Waals surface area contributed by atoms with Crippen molar-refractivity contribution in [3.05, 3.63) is 47.3 Å². The van der Waals surface area contributed by atoms with Crippen molar-refractivity contribution in [1.82, 2.24) is 20.4 Å². The Kier molecular flexibility index (Phi) is 5.83. The summed E-state index contributed by atoms with van der Waals surface area (Å²) >= 11 is 0. The van der Waals surface area contributed by atoms with Crippen LogP contribution in [0.2, 0.25) is 0 Å². The van der Waals surface area contributed by atoms with Crippen molar-refractivity contribution in [2.45, 2.75) is 58.2 Å². The topological polar surface area (TPSA) is 85.2 Å². The zero-order valence-corrected chi connectivity index (χ0v) is 16.8. The second-order valence-electron chi connectivity index (χ2n) is 7.99. The highest BCUT2D eigenvalue weighted by Gasteiger charge is 2.25. The Labute approximate surface area is 170 Å². The first-order valence-electron chi connectivity index (χ1n) is 10.4. The first kappa shape index (κ1) is 19.5. The molecule has 7 heteroatoms. The number of carbonyl (C=O) groups excluding carboxylic acids is 2. The number of nitrogens with zero attached hydrogens (tertiary/aromatic N) is 2. The van der Waals surface area contributed by atoms with E-state index in [0.29, 0.717) is 30.7 Å². The van der Waals surface area contributed by atoms with E-state index in [0.717, 1.165) is 49.2 Å². The monoisotopic (exact) mass is 396 g/mol. The van der Waals surface area contributed by atoms with Gasteiger partial charge in [-0.15, -0.1) is 0 Å². The van der Waals surface area contributed by atoms with Crippen LogP contribution in [0, 0.1) is 5.92 Å². The van der Waals surface area contributed by atoms with Crippen LogP contribution in [0.4, 0.5) is 0 Å². The summed E-state index contributed by atoms with van der Waals surface area (Å²) in [6, 6.07) is 7.88. The van der Waals surface area contributed by atoms with Crippen molar-refractivity contribution in [3.63, 3.8) is 0 Å². The Morgan fingerprint density at radius 2 is 2.03 bits per heavy atom. The predicted octanol–water partition coefficient (Wildman–Crippen LogP) is 2.44. The van der Waals surface area contributed by atoms with Gasteiger partial charge in [-0.25, -0.2) is 0 Å². The molecule has 7 nitrogen and oxygen atoms in total. The third-order valence-corrected chi connectivity index (χ3v) is 5.82. The Hall–Kier alpha value is -2.83. The maximum absolute atomic E-state index is 12.8. The van der Waals surface area contributed by atoms with Crippen molar-refractivity contribution in [2.24, 2.45) is 5.92 Å². The van der Waals surface area contributed by atoms with E-state index < -0.39 is 0 Å². The van der Waals surface area contributed by atoms with Crippen LogP contribution in [0.25, 0.3) is 0 Å². The molecule has 1 atom stereocenters. The number of rotatable bonds is 7. The molecule has 1 aromatic carbocycles.